The van der Waals surface area contributed by atoms with Crippen LogP contribution >= 0.6 is 0 Å². The minimum Gasteiger partial charge on any atom is -0.507 e. The number of nitrogens with zero attached hydrogens (tertiary/aromatic N) is 2. The number of H-pyrrole nitrogens is 1. The predicted octanol–water partition coefficient (Wildman–Crippen LogP) is 4.30. The van der Waals surface area contributed by atoms with Crippen LogP contribution in [0.1, 0.15) is 53.8 Å². The number of ether oxygens (including phenoxy) is 2. The third-order valence-electron chi connectivity index (χ3n) is 6.12. The number of fused-ring (bicyclic) bond motifs is 1. The maximum Gasteiger partial charge on any atom is 0.273 e. The van der Waals surface area contributed by atoms with Crippen LogP contribution in [-0.2, 0) is 4.74 Å². The van der Waals surface area contributed by atoms with Crippen LogP contribution in [-0.4, -0.2) is 52.0 Å². The zero-order valence-electron chi connectivity index (χ0n) is 18.1. The molecule has 5 rings (SSSR count). The van der Waals surface area contributed by atoms with E-state index in [2.05, 4.69) is 17.1 Å². The number of hydrogen-bond acceptors (Lipinski definition) is 5. The predicted molar refractivity (Wildman–Crippen MR) is 120 cm³/mol. The lowest BCUT2D eigenvalue weighted by Crippen LogP contribution is -2.36. The smallest absolute Gasteiger partial charge is 0.273 e. The van der Waals surface area contributed by atoms with Crippen molar-refractivity contribution in [2.75, 3.05) is 19.8 Å². The fourth-order valence-corrected chi connectivity index (χ4v) is 4.58. The van der Waals surface area contributed by atoms with Gasteiger partial charge in [-0.15, -0.1) is 0 Å². The Bertz CT molecular complexity index is 1100. The average molecular weight is 434 g/mol. The molecule has 166 valence electrons. The number of hydrogen-bond donors (Lipinski definition) is 2. The third-order valence-corrected chi connectivity index (χ3v) is 6.12. The van der Waals surface area contributed by atoms with Crippen LogP contribution in [0.25, 0.3) is 11.3 Å². The highest BCUT2D eigenvalue weighted by molar-refractivity contribution is 6.00. The van der Waals surface area contributed by atoms with Gasteiger partial charge in [0.1, 0.15) is 22.9 Å². The summed E-state index contributed by atoms with van der Waals surface area (Å²) in [6.45, 7) is 3.98. The summed E-state index contributed by atoms with van der Waals surface area (Å²) < 4.78 is 11.6. The molecule has 32 heavy (non-hydrogen) atoms. The van der Waals surface area contributed by atoms with Crippen LogP contribution < -0.4 is 4.74 Å². The van der Waals surface area contributed by atoms with Gasteiger partial charge in [0.05, 0.1) is 18.8 Å². The van der Waals surface area contributed by atoms with Gasteiger partial charge in [-0.05, 0) is 49.1 Å². The Hall–Kier alpha value is -3.32. The van der Waals surface area contributed by atoms with Gasteiger partial charge < -0.3 is 19.5 Å². The Labute approximate surface area is 187 Å². The monoisotopic (exact) mass is 433 g/mol. The second-order valence-electron chi connectivity index (χ2n) is 8.29. The summed E-state index contributed by atoms with van der Waals surface area (Å²) in [5.41, 5.74) is 3.42. The van der Waals surface area contributed by atoms with Crippen LogP contribution in [0, 0.1) is 0 Å². The lowest BCUT2D eigenvalue weighted by Gasteiger charge is -2.28. The molecular formula is C25H27N3O4. The van der Waals surface area contributed by atoms with E-state index in [0.717, 1.165) is 42.7 Å². The molecule has 2 N–H and O–H groups in total. The Morgan fingerprint density at radius 2 is 2.03 bits per heavy atom. The van der Waals surface area contributed by atoms with Crippen molar-refractivity contribution in [3.63, 3.8) is 0 Å². The van der Waals surface area contributed by atoms with Crippen molar-refractivity contribution in [2.24, 2.45) is 0 Å². The van der Waals surface area contributed by atoms with Crippen molar-refractivity contribution in [3.8, 4) is 22.8 Å². The Kier molecular flexibility index (Phi) is 5.57. The Morgan fingerprint density at radius 3 is 2.75 bits per heavy atom. The highest BCUT2D eigenvalue weighted by Gasteiger charge is 2.43. The van der Waals surface area contributed by atoms with E-state index in [1.165, 1.54) is 0 Å². The lowest BCUT2D eigenvalue weighted by molar-refractivity contribution is 0.0495. The maximum atomic E-state index is 13.4. The number of aromatic amines is 1. The summed E-state index contributed by atoms with van der Waals surface area (Å²) in [5.74, 6) is 0.841. The number of aromatic hydroxyl groups is 1. The molecule has 1 amide bonds. The molecule has 1 fully saturated rings. The van der Waals surface area contributed by atoms with Gasteiger partial charge in [0.2, 0.25) is 0 Å². The molecule has 0 bridgehead atoms. The second kappa shape index (κ2) is 8.67. The van der Waals surface area contributed by atoms with Crippen LogP contribution in [0.2, 0.25) is 0 Å². The van der Waals surface area contributed by atoms with Crippen LogP contribution in [0.15, 0.2) is 48.5 Å². The minimum absolute atomic E-state index is 0.0270. The standard InChI is InChI=1S/C25H27N3O4/c1-2-13-31-17-11-9-16(10-12-17)24-21-22(19-7-3-4-8-20(19)29)26-27-23(21)25(30)28(24)15-18-6-5-14-32-18/h3-4,7-12,18,24,29H,2,5-6,13-15H2,1H3,(H,26,27). The van der Waals surface area contributed by atoms with E-state index in [1.54, 1.807) is 12.1 Å². The molecule has 7 nitrogen and oxygen atoms in total. The molecule has 2 aromatic carbocycles. The highest BCUT2D eigenvalue weighted by Crippen LogP contribution is 2.45. The normalized spacial score (nSPS) is 20.0. The number of phenolic OH excluding ortho intramolecular Hbond substituents is 1. The number of rotatable bonds is 7. The van der Waals surface area contributed by atoms with Crippen LogP contribution in [0.5, 0.6) is 11.5 Å². The van der Waals surface area contributed by atoms with E-state index >= 15 is 0 Å². The van der Waals surface area contributed by atoms with Crippen molar-refractivity contribution in [1.29, 1.82) is 0 Å². The number of aromatic nitrogens is 2. The van der Waals surface area contributed by atoms with Crippen molar-refractivity contribution >= 4 is 5.91 Å². The molecule has 2 atom stereocenters. The summed E-state index contributed by atoms with van der Waals surface area (Å²) in [5, 5.41) is 17.8. The number of phenols is 1. The van der Waals surface area contributed by atoms with Gasteiger partial charge in [0, 0.05) is 24.3 Å². The zero-order chi connectivity index (χ0) is 22.1. The van der Waals surface area contributed by atoms with Crippen molar-refractivity contribution in [2.45, 2.75) is 38.3 Å². The molecule has 2 aliphatic heterocycles. The van der Waals surface area contributed by atoms with Gasteiger partial charge >= 0.3 is 0 Å². The number of carbonyl (C=O) groups excluding carboxylic acids is 1. The number of nitrogens with one attached hydrogen (secondary N) is 1. The van der Waals surface area contributed by atoms with E-state index in [1.807, 2.05) is 41.3 Å². The maximum absolute atomic E-state index is 13.4. The molecule has 0 spiro atoms. The summed E-state index contributed by atoms with van der Waals surface area (Å²) in [6.07, 6.45) is 2.92. The molecule has 0 radical (unpaired) electrons. The van der Waals surface area contributed by atoms with E-state index in [0.29, 0.717) is 30.1 Å². The molecule has 1 aromatic heterocycles. The summed E-state index contributed by atoms with van der Waals surface area (Å²) in [4.78, 5) is 15.3. The molecular weight excluding hydrogens is 406 g/mol. The molecule has 2 unspecified atom stereocenters. The zero-order valence-corrected chi connectivity index (χ0v) is 18.1. The van der Waals surface area contributed by atoms with Gasteiger partial charge in [-0.1, -0.05) is 31.2 Å². The Balaban J connectivity index is 1.57. The minimum atomic E-state index is -0.324. The second-order valence-corrected chi connectivity index (χ2v) is 8.29. The molecule has 3 aromatic rings. The van der Waals surface area contributed by atoms with Crippen LogP contribution in [0.3, 0.4) is 0 Å². The van der Waals surface area contributed by atoms with E-state index in [9.17, 15) is 9.90 Å². The average Bonchev–Trinajstić information content (AvgIpc) is 3.53. The quantitative estimate of drug-likeness (QED) is 0.580. The molecule has 2 aliphatic rings. The van der Waals surface area contributed by atoms with Gasteiger partial charge in [-0.2, -0.15) is 5.10 Å². The van der Waals surface area contributed by atoms with Crippen molar-refractivity contribution in [3.05, 3.63) is 65.4 Å². The summed E-state index contributed by atoms with van der Waals surface area (Å²) in [7, 11) is 0. The van der Waals surface area contributed by atoms with Crippen molar-refractivity contribution in [1.82, 2.24) is 15.1 Å². The lowest BCUT2D eigenvalue weighted by atomic mass is 9.95. The first-order valence-corrected chi connectivity index (χ1v) is 11.2. The van der Waals surface area contributed by atoms with Gasteiger partial charge in [-0.3, -0.25) is 9.89 Å². The van der Waals surface area contributed by atoms with E-state index < -0.39 is 0 Å². The van der Waals surface area contributed by atoms with Gasteiger partial charge in [-0.25, -0.2) is 0 Å². The number of amides is 1. The molecule has 0 aliphatic carbocycles. The number of carbonyl (C=O) groups is 1. The van der Waals surface area contributed by atoms with Crippen LogP contribution in [0.4, 0.5) is 0 Å². The third kappa shape index (κ3) is 3.62. The van der Waals surface area contributed by atoms with E-state index in [4.69, 9.17) is 9.47 Å². The molecule has 1 saturated heterocycles. The first-order valence-electron chi connectivity index (χ1n) is 11.2. The fraction of sp³-hybridized carbons (Fsp3) is 0.360. The van der Waals surface area contributed by atoms with Gasteiger partial charge in [0.15, 0.2) is 0 Å². The highest BCUT2D eigenvalue weighted by atomic mass is 16.5. The first-order chi connectivity index (χ1) is 15.7. The largest absolute Gasteiger partial charge is 0.507 e. The number of benzene rings is 2. The summed E-state index contributed by atoms with van der Waals surface area (Å²) in [6, 6.07) is 14.6. The fourth-order valence-electron chi connectivity index (χ4n) is 4.58. The van der Waals surface area contributed by atoms with E-state index in [-0.39, 0.29) is 23.8 Å². The Morgan fingerprint density at radius 1 is 1.22 bits per heavy atom. The SMILES string of the molecule is CCCOc1ccc(C2c3c(-c4ccccc4O)n[nH]c3C(=O)N2CC2CCCO2)cc1. The number of para-hydroxylation sites is 1. The summed E-state index contributed by atoms with van der Waals surface area (Å²) >= 11 is 0. The molecule has 7 heteroatoms. The molecule has 3 heterocycles. The molecule has 0 saturated carbocycles. The topological polar surface area (TPSA) is 87.7 Å². The van der Waals surface area contributed by atoms with Gasteiger partial charge in [0.25, 0.3) is 5.91 Å². The first kappa shape index (κ1) is 20.6. The van der Waals surface area contributed by atoms with Crippen molar-refractivity contribution < 1.29 is 19.4 Å².